The smallest absolute Gasteiger partial charge is 0.234 e. The molecule has 0 spiro atoms. The molecule has 0 saturated carbocycles. The van der Waals surface area contributed by atoms with E-state index in [2.05, 4.69) is 20.5 Å². The maximum absolute atomic E-state index is 13.1. The van der Waals surface area contributed by atoms with E-state index in [1.165, 1.54) is 30.0 Å². The Balaban J connectivity index is 1.59. The number of carbonyl (C=O) groups is 1. The number of halogens is 2. The number of benzene rings is 2. The Hall–Kier alpha value is -2.38. The van der Waals surface area contributed by atoms with E-state index in [4.69, 9.17) is 11.6 Å². The number of nitrogens with one attached hydrogen (secondary N) is 2. The summed E-state index contributed by atoms with van der Waals surface area (Å²) in [6, 6.07) is 13.0. The van der Waals surface area contributed by atoms with E-state index in [1.807, 2.05) is 18.2 Å². The molecular formula is C16H12ClFN4OS. The van der Waals surface area contributed by atoms with Gasteiger partial charge in [0.1, 0.15) is 5.82 Å². The molecule has 0 aliphatic heterocycles. The Morgan fingerprint density at radius 1 is 1.25 bits per heavy atom. The number of aromatic nitrogens is 3. The van der Waals surface area contributed by atoms with E-state index in [0.717, 1.165) is 5.56 Å². The molecule has 1 amide bonds. The SMILES string of the molecule is O=C(CSc1n[nH]c(-c2ccccc2Cl)n1)Nc1cccc(F)c1. The number of anilines is 1. The second-order valence-electron chi connectivity index (χ2n) is 4.79. The predicted molar refractivity (Wildman–Crippen MR) is 92.6 cm³/mol. The fraction of sp³-hybridized carbons (Fsp3) is 0.0625. The van der Waals surface area contributed by atoms with Crippen molar-refractivity contribution in [2.75, 3.05) is 11.1 Å². The number of H-pyrrole nitrogens is 1. The van der Waals surface area contributed by atoms with Crippen LogP contribution < -0.4 is 5.32 Å². The molecule has 0 saturated heterocycles. The topological polar surface area (TPSA) is 70.7 Å². The first-order valence-corrected chi connectivity index (χ1v) is 8.34. The zero-order valence-electron chi connectivity index (χ0n) is 12.3. The molecule has 0 aliphatic rings. The number of rotatable bonds is 5. The van der Waals surface area contributed by atoms with Gasteiger partial charge >= 0.3 is 0 Å². The first-order chi connectivity index (χ1) is 11.6. The van der Waals surface area contributed by atoms with Gasteiger partial charge in [0.05, 0.1) is 10.8 Å². The Kier molecular flexibility index (Phi) is 5.12. The molecule has 0 aliphatic carbocycles. The number of hydrogen-bond donors (Lipinski definition) is 2. The quantitative estimate of drug-likeness (QED) is 0.673. The lowest BCUT2D eigenvalue weighted by atomic mass is 10.2. The van der Waals surface area contributed by atoms with Crippen LogP contribution >= 0.6 is 23.4 Å². The Bertz CT molecular complexity index is 871. The highest BCUT2D eigenvalue weighted by atomic mass is 35.5. The maximum atomic E-state index is 13.1. The van der Waals surface area contributed by atoms with Crippen molar-refractivity contribution in [3.05, 3.63) is 59.4 Å². The third kappa shape index (κ3) is 4.12. The van der Waals surface area contributed by atoms with Crippen LogP contribution in [-0.2, 0) is 4.79 Å². The number of carbonyl (C=O) groups excluding carboxylic acids is 1. The molecule has 3 rings (SSSR count). The molecule has 8 heteroatoms. The summed E-state index contributed by atoms with van der Waals surface area (Å²) in [4.78, 5) is 16.2. The summed E-state index contributed by atoms with van der Waals surface area (Å²) in [5, 5.41) is 10.5. The summed E-state index contributed by atoms with van der Waals surface area (Å²) in [6.07, 6.45) is 0. The molecular weight excluding hydrogens is 351 g/mol. The van der Waals surface area contributed by atoms with Crippen molar-refractivity contribution in [3.63, 3.8) is 0 Å². The standard InChI is InChI=1S/C16H12ClFN4OS/c17-13-7-2-1-6-12(13)15-20-16(22-21-15)24-9-14(23)19-11-5-3-4-10(18)8-11/h1-8H,9H2,(H,19,23)(H,20,21,22). The van der Waals surface area contributed by atoms with Crippen LogP contribution in [0.5, 0.6) is 0 Å². The second-order valence-corrected chi connectivity index (χ2v) is 6.14. The maximum Gasteiger partial charge on any atom is 0.234 e. The molecule has 0 unspecified atom stereocenters. The number of amides is 1. The summed E-state index contributed by atoms with van der Waals surface area (Å²) in [5.41, 5.74) is 1.15. The van der Waals surface area contributed by atoms with Gasteiger partial charge in [-0.2, -0.15) is 0 Å². The molecule has 2 aromatic carbocycles. The van der Waals surface area contributed by atoms with Gasteiger partial charge in [-0.05, 0) is 30.3 Å². The summed E-state index contributed by atoms with van der Waals surface area (Å²) in [7, 11) is 0. The van der Waals surface area contributed by atoms with Crippen LogP contribution in [0.4, 0.5) is 10.1 Å². The summed E-state index contributed by atoms with van der Waals surface area (Å²) in [6.45, 7) is 0. The average Bonchev–Trinajstić information content (AvgIpc) is 3.02. The van der Waals surface area contributed by atoms with Gasteiger partial charge in [0.15, 0.2) is 5.82 Å². The van der Waals surface area contributed by atoms with Crippen LogP contribution in [0.15, 0.2) is 53.7 Å². The van der Waals surface area contributed by atoms with Crippen LogP contribution in [-0.4, -0.2) is 26.8 Å². The van der Waals surface area contributed by atoms with Crippen molar-refractivity contribution >= 4 is 35.0 Å². The van der Waals surface area contributed by atoms with E-state index >= 15 is 0 Å². The summed E-state index contributed by atoms with van der Waals surface area (Å²) >= 11 is 7.28. The normalized spacial score (nSPS) is 10.6. The molecule has 24 heavy (non-hydrogen) atoms. The van der Waals surface area contributed by atoms with Crippen LogP contribution in [0, 0.1) is 5.82 Å². The van der Waals surface area contributed by atoms with Gasteiger partial charge in [-0.25, -0.2) is 9.37 Å². The lowest BCUT2D eigenvalue weighted by Crippen LogP contribution is -2.14. The minimum Gasteiger partial charge on any atom is -0.325 e. The van der Waals surface area contributed by atoms with Crippen LogP contribution in [0.1, 0.15) is 0 Å². The number of hydrogen-bond acceptors (Lipinski definition) is 4. The Morgan fingerprint density at radius 2 is 2.08 bits per heavy atom. The minimum atomic E-state index is -0.404. The molecule has 5 nitrogen and oxygen atoms in total. The zero-order chi connectivity index (χ0) is 16.9. The first-order valence-electron chi connectivity index (χ1n) is 6.97. The van der Waals surface area contributed by atoms with Gasteiger partial charge in [0.25, 0.3) is 0 Å². The zero-order valence-corrected chi connectivity index (χ0v) is 13.9. The van der Waals surface area contributed by atoms with Gasteiger partial charge in [0, 0.05) is 11.3 Å². The minimum absolute atomic E-state index is 0.107. The Labute approximate surface area is 146 Å². The van der Waals surface area contributed by atoms with Gasteiger partial charge in [-0.15, -0.1) is 5.10 Å². The van der Waals surface area contributed by atoms with Crippen LogP contribution in [0.2, 0.25) is 5.02 Å². The van der Waals surface area contributed by atoms with Crippen molar-refractivity contribution < 1.29 is 9.18 Å². The molecule has 1 aromatic heterocycles. The van der Waals surface area contributed by atoms with Crippen molar-refractivity contribution in [3.8, 4) is 11.4 Å². The van der Waals surface area contributed by atoms with Gasteiger partial charge in [0.2, 0.25) is 11.1 Å². The molecule has 0 bridgehead atoms. The van der Waals surface area contributed by atoms with Crippen LogP contribution in [0.3, 0.4) is 0 Å². The predicted octanol–water partition coefficient (Wildman–Crippen LogP) is 4.00. The largest absolute Gasteiger partial charge is 0.325 e. The van der Waals surface area contributed by atoms with Gasteiger partial charge in [-0.1, -0.05) is 41.6 Å². The second kappa shape index (κ2) is 7.46. The van der Waals surface area contributed by atoms with E-state index in [1.54, 1.807) is 12.1 Å². The fourth-order valence-corrected chi connectivity index (χ4v) is 2.80. The molecule has 0 atom stereocenters. The molecule has 1 heterocycles. The van der Waals surface area contributed by atoms with E-state index in [9.17, 15) is 9.18 Å². The van der Waals surface area contributed by atoms with Crippen molar-refractivity contribution in [2.45, 2.75) is 5.16 Å². The van der Waals surface area contributed by atoms with E-state index < -0.39 is 5.82 Å². The van der Waals surface area contributed by atoms with Crippen molar-refractivity contribution in [1.29, 1.82) is 0 Å². The third-order valence-corrected chi connectivity index (χ3v) is 4.21. The summed E-state index contributed by atoms with van der Waals surface area (Å²) in [5.74, 6) is -0.0294. The fourth-order valence-electron chi connectivity index (χ4n) is 1.98. The van der Waals surface area contributed by atoms with Gasteiger partial charge in [-0.3, -0.25) is 9.89 Å². The highest BCUT2D eigenvalue weighted by Gasteiger charge is 2.11. The lowest BCUT2D eigenvalue weighted by molar-refractivity contribution is -0.113. The van der Waals surface area contributed by atoms with Gasteiger partial charge < -0.3 is 5.32 Å². The monoisotopic (exact) mass is 362 g/mol. The molecule has 3 aromatic rings. The van der Waals surface area contributed by atoms with Crippen molar-refractivity contribution in [1.82, 2.24) is 15.2 Å². The first kappa shape index (κ1) is 16.5. The molecule has 122 valence electrons. The lowest BCUT2D eigenvalue weighted by Gasteiger charge is -2.03. The van der Waals surface area contributed by atoms with Crippen LogP contribution in [0.25, 0.3) is 11.4 Å². The summed E-state index contributed by atoms with van der Waals surface area (Å²) < 4.78 is 13.1. The Morgan fingerprint density at radius 3 is 2.88 bits per heavy atom. The number of aromatic amines is 1. The van der Waals surface area contributed by atoms with E-state index in [-0.39, 0.29) is 11.7 Å². The highest BCUT2D eigenvalue weighted by Crippen LogP contribution is 2.26. The number of thioether (sulfide) groups is 1. The average molecular weight is 363 g/mol. The number of nitrogens with zero attached hydrogens (tertiary/aromatic N) is 2. The molecule has 2 N–H and O–H groups in total. The highest BCUT2D eigenvalue weighted by molar-refractivity contribution is 7.99. The third-order valence-electron chi connectivity index (χ3n) is 3.03. The molecule has 0 radical (unpaired) electrons. The van der Waals surface area contributed by atoms with Crippen molar-refractivity contribution in [2.24, 2.45) is 0 Å². The van der Waals surface area contributed by atoms with E-state index in [0.29, 0.717) is 21.7 Å². The molecule has 0 fully saturated rings.